The number of nitriles is 1. The summed E-state index contributed by atoms with van der Waals surface area (Å²) < 4.78 is 7.28. The van der Waals surface area contributed by atoms with E-state index >= 15 is 0 Å². The fourth-order valence-corrected chi connectivity index (χ4v) is 4.54. The van der Waals surface area contributed by atoms with Crippen molar-refractivity contribution in [3.8, 4) is 11.8 Å². The summed E-state index contributed by atoms with van der Waals surface area (Å²) in [7, 11) is 0. The third kappa shape index (κ3) is 6.23. The molecule has 1 amide bonds. The molecule has 162 valence electrons. The van der Waals surface area contributed by atoms with Crippen LogP contribution in [0, 0.1) is 11.3 Å². The van der Waals surface area contributed by atoms with E-state index in [9.17, 15) is 10.1 Å². The topological polar surface area (TPSA) is 62.1 Å². The molecule has 0 heterocycles. The van der Waals surface area contributed by atoms with Crippen LogP contribution >= 0.6 is 43.5 Å². The van der Waals surface area contributed by atoms with Gasteiger partial charge in [0.2, 0.25) is 0 Å². The van der Waals surface area contributed by atoms with Crippen molar-refractivity contribution < 1.29 is 9.53 Å². The molecule has 3 aromatic rings. The summed E-state index contributed by atoms with van der Waals surface area (Å²) in [5.41, 5.74) is 3.34. The van der Waals surface area contributed by atoms with Crippen molar-refractivity contribution in [3.05, 3.63) is 96.9 Å². The lowest BCUT2D eigenvalue weighted by atomic mass is 10.1. The molecule has 0 aliphatic heterocycles. The Morgan fingerprint density at radius 2 is 1.78 bits per heavy atom. The number of carbonyl (C=O) groups is 1. The number of hydrogen-bond donors (Lipinski definition) is 1. The maximum absolute atomic E-state index is 12.6. The fraction of sp³-hybridized carbons (Fsp3) is 0.120. The van der Waals surface area contributed by atoms with Crippen LogP contribution in [0.5, 0.6) is 5.75 Å². The zero-order valence-corrected chi connectivity index (χ0v) is 21.1. The van der Waals surface area contributed by atoms with E-state index in [4.69, 9.17) is 16.3 Å². The maximum atomic E-state index is 12.6. The van der Waals surface area contributed by atoms with Crippen LogP contribution in [-0.4, -0.2) is 5.91 Å². The Morgan fingerprint density at radius 1 is 1.12 bits per heavy atom. The van der Waals surface area contributed by atoms with E-state index in [-0.39, 0.29) is 5.57 Å². The van der Waals surface area contributed by atoms with Crippen molar-refractivity contribution in [2.75, 3.05) is 5.32 Å². The summed E-state index contributed by atoms with van der Waals surface area (Å²) in [5.74, 6) is 0.129. The van der Waals surface area contributed by atoms with Crippen LogP contribution in [0.4, 0.5) is 5.69 Å². The Balaban J connectivity index is 1.76. The predicted octanol–water partition coefficient (Wildman–Crippen LogP) is 7.55. The van der Waals surface area contributed by atoms with E-state index in [2.05, 4.69) is 44.1 Å². The van der Waals surface area contributed by atoms with Crippen LogP contribution in [0.25, 0.3) is 6.08 Å². The Hall–Kier alpha value is -2.59. The van der Waals surface area contributed by atoms with E-state index in [1.807, 2.05) is 54.6 Å². The van der Waals surface area contributed by atoms with Gasteiger partial charge >= 0.3 is 0 Å². The average Bonchev–Trinajstić information content (AvgIpc) is 2.78. The number of benzene rings is 3. The predicted molar refractivity (Wildman–Crippen MR) is 136 cm³/mol. The monoisotopic (exact) mass is 572 g/mol. The number of nitrogens with one attached hydrogen (secondary N) is 1. The Kier molecular flexibility index (Phi) is 8.52. The average molecular weight is 575 g/mol. The molecule has 0 radical (unpaired) electrons. The standard InChI is InChI=1S/C25H19Br2ClN2O2/c1-2-16-7-9-20(10-8-16)30-25(31)19(14-29)11-17-12-21(26)24(22(27)13-17)32-15-18-5-3-4-6-23(18)28/h3-13H,2,15H2,1H3,(H,30,31)/b19-11+. The number of carbonyl (C=O) groups excluding carboxylic acids is 1. The summed E-state index contributed by atoms with van der Waals surface area (Å²) >= 11 is 13.2. The second-order valence-electron chi connectivity index (χ2n) is 6.87. The van der Waals surface area contributed by atoms with Gasteiger partial charge in [0.1, 0.15) is 24.0 Å². The van der Waals surface area contributed by atoms with Crippen LogP contribution < -0.4 is 10.1 Å². The molecule has 32 heavy (non-hydrogen) atoms. The van der Waals surface area contributed by atoms with Crippen LogP contribution in [0.1, 0.15) is 23.6 Å². The van der Waals surface area contributed by atoms with Gasteiger partial charge in [0, 0.05) is 16.3 Å². The molecule has 0 atom stereocenters. The number of anilines is 1. The fourth-order valence-electron chi connectivity index (χ4n) is 2.90. The molecule has 0 saturated carbocycles. The quantitative estimate of drug-likeness (QED) is 0.234. The summed E-state index contributed by atoms with van der Waals surface area (Å²) in [6.07, 6.45) is 2.45. The number of rotatable bonds is 7. The first-order chi connectivity index (χ1) is 15.4. The molecule has 3 aromatic carbocycles. The minimum atomic E-state index is -0.469. The van der Waals surface area contributed by atoms with Gasteiger partial charge in [-0.1, -0.05) is 48.9 Å². The second kappa shape index (κ2) is 11.3. The van der Waals surface area contributed by atoms with Gasteiger partial charge in [-0.3, -0.25) is 4.79 Å². The van der Waals surface area contributed by atoms with Crippen LogP contribution in [-0.2, 0) is 17.8 Å². The Bertz CT molecular complexity index is 1180. The number of halogens is 3. The highest BCUT2D eigenvalue weighted by Gasteiger charge is 2.13. The van der Waals surface area contributed by atoms with Gasteiger partial charge in [-0.25, -0.2) is 0 Å². The largest absolute Gasteiger partial charge is 0.486 e. The number of aryl methyl sites for hydroxylation is 1. The number of amides is 1. The molecule has 0 aliphatic carbocycles. The van der Waals surface area contributed by atoms with Gasteiger partial charge in [-0.2, -0.15) is 5.26 Å². The van der Waals surface area contributed by atoms with E-state index in [0.717, 1.165) is 12.0 Å². The number of ether oxygens (including phenoxy) is 1. The van der Waals surface area contributed by atoms with Gasteiger partial charge in [0.25, 0.3) is 5.91 Å². The van der Waals surface area contributed by atoms with Crippen molar-refractivity contribution >= 4 is 61.1 Å². The third-order valence-electron chi connectivity index (χ3n) is 4.65. The van der Waals surface area contributed by atoms with Crippen molar-refractivity contribution in [2.45, 2.75) is 20.0 Å². The van der Waals surface area contributed by atoms with E-state index < -0.39 is 5.91 Å². The summed E-state index contributed by atoms with van der Waals surface area (Å²) in [6.45, 7) is 2.36. The van der Waals surface area contributed by atoms with E-state index in [0.29, 0.717) is 37.6 Å². The van der Waals surface area contributed by atoms with Gasteiger partial charge < -0.3 is 10.1 Å². The minimum absolute atomic E-state index is 0.00639. The third-order valence-corrected chi connectivity index (χ3v) is 6.19. The first kappa shape index (κ1) is 24.1. The maximum Gasteiger partial charge on any atom is 0.266 e. The van der Waals surface area contributed by atoms with Crippen molar-refractivity contribution in [1.82, 2.24) is 0 Å². The molecular formula is C25H19Br2ClN2O2. The molecule has 0 aliphatic rings. The highest BCUT2D eigenvalue weighted by atomic mass is 79.9. The summed E-state index contributed by atoms with van der Waals surface area (Å²) in [4.78, 5) is 12.6. The highest BCUT2D eigenvalue weighted by Crippen LogP contribution is 2.36. The van der Waals surface area contributed by atoms with Crippen LogP contribution in [0.2, 0.25) is 5.02 Å². The highest BCUT2D eigenvalue weighted by molar-refractivity contribution is 9.11. The molecule has 0 aromatic heterocycles. The van der Waals surface area contributed by atoms with Crippen molar-refractivity contribution in [3.63, 3.8) is 0 Å². The molecule has 0 bridgehead atoms. The van der Waals surface area contributed by atoms with Gasteiger partial charge in [-0.15, -0.1) is 0 Å². The first-order valence-electron chi connectivity index (χ1n) is 9.78. The van der Waals surface area contributed by atoms with Gasteiger partial charge in [0.05, 0.1) is 8.95 Å². The summed E-state index contributed by atoms with van der Waals surface area (Å²) in [5, 5.41) is 12.9. The lowest BCUT2D eigenvalue weighted by molar-refractivity contribution is -0.112. The second-order valence-corrected chi connectivity index (χ2v) is 8.98. The molecule has 3 rings (SSSR count). The van der Waals surface area contributed by atoms with E-state index in [1.165, 1.54) is 11.6 Å². The Morgan fingerprint density at radius 3 is 2.38 bits per heavy atom. The van der Waals surface area contributed by atoms with Crippen molar-refractivity contribution in [2.24, 2.45) is 0 Å². The van der Waals surface area contributed by atoms with Crippen LogP contribution in [0.3, 0.4) is 0 Å². The molecule has 4 nitrogen and oxygen atoms in total. The minimum Gasteiger partial charge on any atom is -0.486 e. The summed E-state index contributed by atoms with van der Waals surface area (Å²) in [6, 6.07) is 20.5. The van der Waals surface area contributed by atoms with Gasteiger partial charge in [0.15, 0.2) is 0 Å². The molecule has 1 N–H and O–H groups in total. The molecule has 0 unspecified atom stereocenters. The number of hydrogen-bond acceptors (Lipinski definition) is 3. The zero-order valence-electron chi connectivity index (χ0n) is 17.2. The smallest absolute Gasteiger partial charge is 0.266 e. The first-order valence-corrected chi connectivity index (χ1v) is 11.7. The SMILES string of the molecule is CCc1ccc(NC(=O)/C(C#N)=C/c2cc(Br)c(OCc3ccccc3Cl)c(Br)c2)cc1. The molecule has 0 spiro atoms. The lowest BCUT2D eigenvalue weighted by Gasteiger charge is -2.12. The van der Waals surface area contributed by atoms with Crippen molar-refractivity contribution in [1.29, 1.82) is 5.26 Å². The number of nitrogens with zero attached hydrogens (tertiary/aromatic N) is 1. The lowest BCUT2D eigenvalue weighted by Crippen LogP contribution is -2.13. The zero-order chi connectivity index (χ0) is 23.1. The van der Waals surface area contributed by atoms with Crippen LogP contribution in [0.15, 0.2) is 75.2 Å². The molecule has 0 saturated heterocycles. The molecular weight excluding hydrogens is 556 g/mol. The molecule has 0 fully saturated rings. The normalized spacial score (nSPS) is 11.0. The van der Waals surface area contributed by atoms with E-state index in [1.54, 1.807) is 12.1 Å². The van der Waals surface area contributed by atoms with Gasteiger partial charge in [-0.05, 0) is 85.8 Å². The molecule has 7 heteroatoms. The Labute approximate surface area is 209 Å².